The van der Waals surface area contributed by atoms with Gasteiger partial charge in [0.15, 0.2) is 0 Å². The van der Waals surface area contributed by atoms with Gasteiger partial charge in [0.25, 0.3) is 0 Å². The molecule has 1 amide bonds. The molecule has 1 saturated carbocycles. The molecule has 2 aliphatic rings. The van der Waals surface area contributed by atoms with Gasteiger partial charge in [-0.15, -0.1) is 0 Å². The number of piperidine rings is 1. The topological polar surface area (TPSA) is 66.5 Å². The third-order valence-electron chi connectivity index (χ3n) is 5.73. The second-order valence-corrected chi connectivity index (χ2v) is 10.2. The Balaban J connectivity index is 1.51. The van der Waals surface area contributed by atoms with E-state index >= 15 is 0 Å². The van der Waals surface area contributed by atoms with Crippen molar-refractivity contribution in [3.8, 4) is 11.1 Å². The van der Waals surface area contributed by atoms with Crippen molar-refractivity contribution in [2.45, 2.75) is 31.2 Å². The molecule has 4 rings (SSSR count). The maximum atomic E-state index is 13.1. The van der Waals surface area contributed by atoms with Crippen molar-refractivity contribution in [1.82, 2.24) is 9.62 Å². The van der Waals surface area contributed by atoms with E-state index < -0.39 is 10.0 Å². The van der Waals surface area contributed by atoms with Crippen LogP contribution in [0, 0.1) is 5.92 Å². The largest absolute Gasteiger partial charge is 0.341 e. The Hall–Kier alpha value is -1.89. The number of nitrogens with one attached hydrogen (secondary N) is 1. The second kappa shape index (κ2) is 8.09. The van der Waals surface area contributed by atoms with Crippen molar-refractivity contribution in [1.29, 1.82) is 0 Å². The first-order valence-electron chi connectivity index (χ1n) is 9.93. The lowest BCUT2D eigenvalue weighted by Crippen LogP contribution is -2.49. The number of benzene rings is 2. The minimum atomic E-state index is -3.27. The van der Waals surface area contributed by atoms with Crippen LogP contribution in [0.25, 0.3) is 11.1 Å². The molecule has 1 aliphatic carbocycles. The van der Waals surface area contributed by atoms with Crippen molar-refractivity contribution >= 4 is 27.5 Å². The number of sulfonamides is 1. The van der Waals surface area contributed by atoms with Crippen LogP contribution in [0.15, 0.2) is 48.5 Å². The minimum Gasteiger partial charge on any atom is -0.341 e. The molecule has 0 bridgehead atoms. The van der Waals surface area contributed by atoms with Crippen LogP contribution in [0.5, 0.6) is 0 Å². The van der Waals surface area contributed by atoms with Gasteiger partial charge in [0.05, 0.1) is 6.26 Å². The molecule has 2 aromatic rings. The van der Waals surface area contributed by atoms with Gasteiger partial charge in [-0.25, -0.2) is 13.1 Å². The fraction of sp³-hybridized carbons (Fsp3) is 0.409. The van der Waals surface area contributed by atoms with Crippen molar-refractivity contribution in [2.75, 3.05) is 19.3 Å². The number of carbonyl (C=O) groups excluding carboxylic acids is 1. The van der Waals surface area contributed by atoms with E-state index in [2.05, 4.69) is 10.8 Å². The predicted molar refractivity (Wildman–Crippen MR) is 115 cm³/mol. The van der Waals surface area contributed by atoms with E-state index in [0.717, 1.165) is 42.2 Å². The SMILES string of the molecule is CS(=O)(=O)NC1CCCN(C(=O)C2CC2c2cccc(Cl)c2-c2ccccc2)C1. The summed E-state index contributed by atoms with van der Waals surface area (Å²) in [5, 5.41) is 0.696. The zero-order valence-corrected chi connectivity index (χ0v) is 17.9. The summed E-state index contributed by atoms with van der Waals surface area (Å²) in [4.78, 5) is 14.9. The van der Waals surface area contributed by atoms with Gasteiger partial charge in [-0.2, -0.15) is 0 Å². The van der Waals surface area contributed by atoms with E-state index in [1.165, 1.54) is 0 Å². The quantitative estimate of drug-likeness (QED) is 0.784. The summed E-state index contributed by atoms with van der Waals surface area (Å²) in [5.74, 6) is 0.210. The Morgan fingerprint density at radius 1 is 1.14 bits per heavy atom. The highest BCUT2D eigenvalue weighted by atomic mass is 35.5. The summed E-state index contributed by atoms with van der Waals surface area (Å²) in [6, 6.07) is 15.7. The van der Waals surface area contributed by atoms with E-state index in [4.69, 9.17) is 11.6 Å². The highest BCUT2D eigenvalue weighted by Gasteiger charge is 2.47. The van der Waals surface area contributed by atoms with Crippen LogP contribution >= 0.6 is 11.6 Å². The molecule has 1 heterocycles. The fourth-order valence-electron chi connectivity index (χ4n) is 4.38. The van der Waals surface area contributed by atoms with Gasteiger partial charge in [-0.3, -0.25) is 4.79 Å². The maximum Gasteiger partial charge on any atom is 0.226 e. The van der Waals surface area contributed by atoms with Crippen LogP contribution in [0.2, 0.25) is 5.02 Å². The monoisotopic (exact) mass is 432 g/mol. The lowest BCUT2D eigenvalue weighted by molar-refractivity contribution is -0.133. The van der Waals surface area contributed by atoms with Gasteiger partial charge >= 0.3 is 0 Å². The summed E-state index contributed by atoms with van der Waals surface area (Å²) in [6.45, 7) is 1.13. The summed E-state index contributed by atoms with van der Waals surface area (Å²) in [7, 11) is -3.27. The van der Waals surface area contributed by atoms with Gasteiger partial charge < -0.3 is 4.90 Å². The average molecular weight is 433 g/mol. The Labute approximate surface area is 177 Å². The van der Waals surface area contributed by atoms with E-state index in [9.17, 15) is 13.2 Å². The number of hydrogen-bond acceptors (Lipinski definition) is 3. The summed E-state index contributed by atoms with van der Waals surface area (Å²) in [6.07, 6.45) is 3.54. The molecule has 0 radical (unpaired) electrons. The zero-order chi connectivity index (χ0) is 20.6. The molecule has 1 aliphatic heterocycles. The molecule has 7 heteroatoms. The minimum absolute atomic E-state index is 0.0621. The maximum absolute atomic E-state index is 13.1. The highest BCUT2D eigenvalue weighted by molar-refractivity contribution is 7.88. The van der Waals surface area contributed by atoms with Gasteiger partial charge in [0.2, 0.25) is 15.9 Å². The Morgan fingerprint density at radius 2 is 1.90 bits per heavy atom. The van der Waals surface area contributed by atoms with Crippen molar-refractivity contribution in [3.63, 3.8) is 0 Å². The molecule has 154 valence electrons. The average Bonchev–Trinajstić information content (AvgIpc) is 3.47. The van der Waals surface area contributed by atoms with Gasteiger partial charge in [-0.1, -0.05) is 54.1 Å². The summed E-state index contributed by atoms with van der Waals surface area (Å²) in [5.41, 5.74) is 3.18. The van der Waals surface area contributed by atoms with Gasteiger partial charge in [-0.05, 0) is 42.4 Å². The smallest absolute Gasteiger partial charge is 0.226 e. The number of nitrogens with zero attached hydrogens (tertiary/aromatic N) is 1. The highest BCUT2D eigenvalue weighted by Crippen LogP contribution is 2.52. The number of rotatable bonds is 5. The molecule has 3 atom stereocenters. The molecule has 0 spiro atoms. The number of likely N-dealkylation sites (tertiary alicyclic amines) is 1. The molecule has 5 nitrogen and oxygen atoms in total. The molecule has 1 saturated heterocycles. The fourth-order valence-corrected chi connectivity index (χ4v) is 5.47. The molecular weight excluding hydrogens is 408 g/mol. The zero-order valence-electron chi connectivity index (χ0n) is 16.3. The lowest BCUT2D eigenvalue weighted by atomic mass is 9.95. The van der Waals surface area contributed by atoms with Crippen LogP contribution in [0.4, 0.5) is 0 Å². The second-order valence-electron chi connectivity index (χ2n) is 8.03. The summed E-state index contributed by atoms with van der Waals surface area (Å²) < 4.78 is 25.7. The number of halogens is 1. The van der Waals surface area contributed by atoms with Crippen LogP contribution in [0.3, 0.4) is 0 Å². The molecule has 2 fully saturated rings. The van der Waals surface area contributed by atoms with Crippen molar-refractivity contribution in [3.05, 3.63) is 59.1 Å². The van der Waals surface area contributed by atoms with Crippen molar-refractivity contribution < 1.29 is 13.2 Å². The molecule has 0 aromatic heterocycles. The van der Waals surface area contributed by atoms with Crippen LogP contribution in [-0.2, 0) is 14.8 Å². The first-order valence-corrected chi connectivity index (χ1v) is 12.2. The number of amides is 1. The standard InChI is InChI=1S/C22H25ClN2O3S/c1-29(27,28)24-16-9-6-12-25(14-16)22(26)19-13-18(19)17-10-5-11-20(23)21(17)15-7-3-2-4-8-15/h2-5,7-8,10-11,16,18-19,24H,6,9,12-14H2,1H3. The molecule has 2 aromatic carbocycles. The summed E-state index contributed by atoms with van der Waals surface area (Å²) >= 11 is 6.53. The van der Waals surface area contributed by atoms with Crippen LogP contribution in [0.1, 0.15) is 30.7 Å². The number of carbonyl (C=O) groups is 1. The van der Waals surface area contributed by atoms with Gasteiger partial charge in [0, 0.05) is 35.6 Å². The van der Waals surface area contributed by atoms with Crippen LogP contribution < -0.4 is 4.72 Å². The lowest BCUT2D eigenvalue weighted by Gasteiger charge is -2.33. The Bertz CT molecular complexity index is 1010. The predicted octanol–water partition coefficient (Wildman–Crippen LogP) is 3.65. The third-order valence-corrected chi connectivity index (χ3v) is 6.81. The normalized spacial score (nSPS) is 24.3. The molecule has 1 N–H and O–H groups in total. The van der Waals surface area contributed by atoms with E-state index in [-0.39, 0.29) is 23.8 Å². The van der Waals surface area contributed by atoms with Crippen LogP contribution in [-0.4, -0.2) is 44.6 Å². The van der Waals surface area contributed by atoms with E-state index in [1.54, 1.807) is 0 Å². The van der Waals surface area contributed by atoms with E-state index in [0.29, 0.717) is 18.1 Å². The third kappa shape index (κ3) is 4.65. The number of hydrogen-bond donors (Lipinski definition) is 1. The molecule has 29 heavy (non-hydrogen) atoms. The first kappa shape index (κ1) is 20.4. The molecule has 3 unspecified atom stereocenters. The Morgan fingerprint density at radius 3 is 2.62 bits per heavy atom. The first-order chi connectivity index (χ1) is 13.8. The Kier molecular flexibility index (Phi) is 5.69. The molecular formula is C22H25ClN2O3S. The van der Waals surface area contributed by atoms with E-state index in [1.807, 2.05) is 47.4 Å². The van der Waals surface area contributed by atoms with Crippen molar-refractivity contribution in [2.24, 2.45) is 5.92 Å². The van der Waals surface area contributed by atoms with Gasteiger partial charge in [0.1, 0.15) is 0 Å².